The van der Waals surface area contributed by atoms with E-state index < -0.39 is 55.5 Å². The Kier molecular flexibility index (Phi) is 8.48. The minimum atomic E-state index is -8.32. The Hall–Kier alpha value is -2.99. The minimum absolute atomic E-state index is 0.342. The summed E-state index contributed by atoms with van der Waals surface area (Å²) in [5.41, 5.74) is 0. The molecular formula is C24H15F13O3S2. The largest absolute Gasteiger partial charge is 0.460 e. The number of alkyl halides is 13. The van der Waals surface area contributed by atoms with Gasteiger partial charge in [0, 0.05) is 14.7 Å². The average molecular weight is 662 g/mol. The molecule has 0 aliphatic heterocycles. The Bertz CT molecular complexity index is 1380. The molecule has 42 heavy (non-hydrogen) atoms. The molecule has 0 aliphatic rings. The third-order valence-electron chi connectivity index (χ3n) is 5.64. The second-order valence-corrected chi connectivity index (χ2v) is 12.8. The first kappa shape index (κ1) is 33.5. The van der Waals surface area contributed by atoms with E-state index in [1.807, 2.05) is 0 Å². The van der Waals surface area contributed by atoms with E-state index in [1.165, 1.54) is 54.6 Å². The monoisotopic (exact) mass is 662 g/mol. The van der Waals surface area contributed by atoms with Gasteiger partial charge in [0.15, 0.2) is 0 Å². The lowest BCUT2D eigenvalue weighted by Crippen LogP contribution is -2.71. The van der Waals surface area contributed by atoms with Crippen molar-refractivity contribution in [2.45, 2.75) is 49.8 Å². The first-order chi connectivity index (χ1) is 19.0. The fourth-order valence-electron chi connectivity index (χ4n) is 3.45. The van der Waals surface area contributed by atoms with Gasteiger partial charge in [0.05, 0.1) is 0 Å². The lowest BCUT2D eigenvalue weighted by Gasteiger charge is -2.42. The standard InChI is InChI=1S/C24H15F13O3S2/c25-19(26,21(29,30)23(33,34)35)20(27,28)22(31,32)24(36,37)42(38,39)40-41(16-10-4-1-5-11-16,17-12-6-2-7-13-17)18-14-8-3-9-15-18/h1-15H. The first-order valence-electron chi connectivity index (χ1n) is 10.9. The molecule has 0 amide bonds. The van der Waals surface area contributed by atoms with Gasteiger partial charge >= 0.3 is 45.2 Å². The number of halogens is 13. The summed E-state index contributed by atoms with van der Waals surface area (Å²) in [6.07, 6.45) is -7.64. The van der Waals surface area contributed by atoms with Crippen molar-refractivity contribution in [3.8, 4) is 0 Å². The summed E-state index contributed by atoms with van der Waals surface area (Å²) in [4.78, 5) is -1.03. The number of rotatable bonds is 10. The van der Waals surface area contributed by atoms with E-state index in [0.29, 0.717) is 0 Å². The minimum Gasteiger partial charge on any atom is -0.202 e. The summed E-state index contributed by atoms with van der Waals surface area (Å²) in [7, 11) is -11.9. The fourth-order valence-corrected chi connectivity index (χ4v) is 8.69. The Morgan fingerprint density at radius 1 is 0.429 bits per heavy atom. The second kappa shape index (κ2) is 10.6. The van der Waals surface area contributed by atoms with Crippen molar-refractivity contribution in [3.05, 3.63) is 91.0 Å². The summed E-state index contributed by atoms with van der Waals surface area (Å²) in [5, 5.41) is -7.52. The molecule has 3 rings (SSSR count). The highest BCUT2D eigenvalue weighted by Crippen LogP contribution is 2.71. The summed E-state index contributed by atoms with van der Waals surface area (Å²) in [6, 6.07) is 17.6. The maximum Gasteiger partial charge on any atom is 0.460 e. The molecule has 0 bridgehead atoms. The highest BCUT2D eigenvalue weighted by molar-refractivity contribution is 8.33. The van der Waals surface area contributed by atoms with Gasteiger partial charge in [-0.2, -0.15) is 65.5 Å². The van der Waals surface area contributed by atoms with Crippen LogP contribution >= 0.6 is 10.3 Å². The predicted molar refractivity (Wildman–Crippen MR) is 123 cm³/mol. The molecule has 0 aliphatic carbocycles. The van der Waals surface area contributed by atoms with Crippen LogP contribution in [0.3, 0.4) is 0 Å². The van der Waals surface area contributed by atoms with Gasteiger partial charge in [0.25, 0.3) is 0 Å². The van der Waals surface area contributed by atoms with E-state index in [0.717, 1.165) is 36.4 Å². The fraction of sp³-hybridized carbons (Fsp3) is 0.250. The van der Waals surface area contributed by atoms with Crippen LogP contribution in [0.1, 0.15) is 0 Å². The molecule has 0 radical (unpaired) electrons. The van der Waals surface area contributed by atoms with E-state index in [-0.39, 0.29) is 14.7 Å². The first-order valence-corrected chi connectivity index (χ1v) is 13.9. The smallest absolute Gasteiger partial charge is 0.202 e. The van der Waals surface area contributed by atoms with Crippen molar-refractivity contribution >= 4 is 20.4 Å². The van der Waals surface area contributed by atoms with Crippen LogP contribution in [-0.4, -0.2) is 43.5 Å². The quantitative estimate of drug-likeness (QED) is 0.204. The van der Waals surface area contributed by atoms with Crippen molar-refractivity contribution in [1.29, 1.82) is 0 Å². The summed E-state index contributed by atoms with van der Waals surface area (Å²) in [6.45, 7) is 0. The molecule has 0 unspecified atom stereocenters. The van der Waals surface area contributed by atoms with Crippen molar-refractivity contribution in [2.75, 3.05) is 0 Å². The van der Waals surface area contributed by atoms with Crippen LogP contribution in [0.25, 0.3) is 0 Å². The Balaban J connectivity index is 2.30. The molecule has 0 fully saturated rings. The van der Waals surface area contributed by atoms with Crippen molar-refractivity contribution < 1.29 is 69.1 Å². The molecular weight excluding hydrogens is 647 g/mol. The van der Waals surface area contributed by atoms with Crippen LogP contribution in [0.15, 0.2) is 106 Å². The summed E-state index contributed by atoms with van der Waals surface area (Å²) >= 11 is 0. The SMILES string of the molecule is O=S(=O)(OS(c1ccccc1)(c1ccccc1)c1ccccc1)C(F)(F)C(F)(F)C(F)(F)C(F)(F)C(F)(F)C(F)(F)F. The average Bonchev–Trinajstić information content (AvgIpc) is 2.92. The van der Waals surface area contributed by atoms with E-state index in [1.54, 1.807) is 0 Å². The van der Waals surface area contributed by atoms with Crippen molar-refractivity contribution in [2.24, 2.45) is 0 Å². The molecule has 232 valence electrons. The molecule has 0 aromatic heterocycles. The zero-order chi connectivity index (χ0) is 32.0. The molecule has 0 heterocycles. The zero-order valence-electron chi connectivity index (χ0n) is 20.1. The molecule has 18 heteroatoms. The predicted octanol–water partition coefficient (Wildman–Crippen LogP) is 8.93. The molecule has 0 atom stereocenters. The lowest BCUT2D eigenvalue weighted by atomic mass is 9.98. The van der Waals surface area contributed by atoms with Gasteiger partial charge in [-0.25, -0.2) is 3.63 Å². The molecule has 3 aromatic rings. The van der Waals surface area contributed by atoms with Gasteiger partial charge in [0.1, 0.15) is 0 Å². The van der Waals surface area contributed by atoms with Gasteiger partial charge in [-0.3, -0.25) is 0 Å². The van der Waals surface area contributed by atoms with E-state index in [9.17, 15) is 65.5 Å². The highest BCUT2D eigenvalue weighted by atomic mass is 32.3. The van der Waals surface area contributed by atoms with Crippen LogP contribution < -0.4 is 0 Å². The topological polar surface area (TPSA) is 43.4 Å². The molecule has 0 saturated heterocycles. The van der Waals surface area contributed by atoms with Crippen LogP contribution in [0.5, 0.6) is 0 Å². The Labute approximate surface area is 230 Å². The van der Waals surface area contributed by atoms with Gasteiger partial charge in [-0.15, -0.1) is 0 Å². The van der Waals surface area contributed by atoms with Gasteiger partial charge < -0.3 is 0 Å². The molecule has 3 nitrogen and oxygen atoms in total. The number of hydrogen-bond acceptors (Lipinski definition) is 3. The van der Waals surface area contributed by atoms with E-state index in [4.69, 9.17) is 0 Å². The van der Waals surface area contributed by atoms with Crippen LogP contribution in [0.2, 0.25) is 0 Å². The van der Waals surface area contributed by atoms with Gasteiger partial charge in [-0.1, -0.05) is 54.6 Å². The number of hydrogen-bond donors (Lipinski definition) is 0. The Morgan fingerprint density at radius 3 is 1.00 bits per heavy atom. The highest BCUT2D eigenvalue weighted by Gasteiger charge is 2.93. The Morgan fingerprint density at radius 2 is 0.714 bits per heavy atom. The molecule has 0 saturated carbocycles. The second-order valence-electron chi connectivity index (χ2n) is 8.33. The summed E-state index contributed by atoms with van der Waals surface area (Å²) in [5.74, 6) is -32.7. The van der Waals surface area contributed by atoms with E-state index >= 15 is 0 Å². The van der Waals surface area contributed by atoms with Crippen LogP contribution in [0, 0.1) is 0 Å². The maximum atomic E-state index is 15.0. The van der Waals surface area contributed by atoms with E-state index in [2.05, 4.69) is 3.63 Å². The maximum absolute atomic E-state index is 15.0. The van der Waals surface area contributed by atoms with Crippen molar-refractivity contribution in [3.63, 3.8) is 0 Å². The molecule has 0 N–H and O–H groups in total. The van der Waals surface area contributed by atoms with Gasteiger partial charge in [-0.05, 0) is 46.7 Å². The van der Waals surface area contributed by atoms with Crippen molar-refractivity contribution in [1.82, 2.24) is 0 Å². The summed E-state index contributed by atoms with van der Waals surface area (Å²) < 4.78 is 209. The van der Waals surface area contributed by atoms with Crippen LogP contribution in [-0.2, 0) is 13.7 Å². The molecule has 0 spiro atoms. The molecule has 3 aromatic carbocycles. The van der Waals surface area contributed by atoms with Gasteiger partial charge in [0.2, 0.25) is 0 Å². The normalized spacial score (nSPS) is 15.0. The number of benzene rings is 3. The van der Waals surface area contributed by atoms with Crippen LogP contribution in [0.4, 0.5) is 57.1 Å². The zero-order valence-corrected chi connectivity index (χ0v) is 21.7. The third kappa shape index (κ3) is 4.90. The third-order valence-corrected chi connectivity index (χ3v) is 10.9. The lowest BCUT2D eigenvalue weighted by molar-refractivity contribution is -0.433.